The summed E-state index contributed by atoms with van der Waals surface area (Å²) in [5.41, 5.74) is 0. The summed E-state index contributed by atoms with van der Waals surface area (Å²) in [4.78, 5) is 25.6. The lowest BCUT2D eigenvalue weighted by Gasteiger charge is -2.26. The topological polar surface area (TPSA) is 79.9 Å². The van der Waals surface area contributed by atoms with E-state index in [1.807, 2.05) is 38.1 Å². The van der Waals surface area contributed by atoms with Gasteiger partial charge in [-0.2, -0.15) is 0 Å². The fourth-order valence-corrected chi connectivity index (χ4v) is 2.93. The monoisotopic (exact) mass is 333 g/mol. The van der Waals surface area contributed by atoms with Crippen LogP contribution in [0.2, 0.25) is 0 Å². The first kappa shape index (κ1) is 16.4. The van der Waals surface area contributed by atoms with E-state index in [2.05, 4.69) is 10.6 Å². The van der Waals surface area contributed by atoms with E-state index >= 15 is 0 Å². The molecule has 1 aromatic rings. The van der Waals surface area contributed by atoms with Crippen LogP contribution in [0.5, 0.6) is 11.5 Å². The molecule has 1 aromatic carbocycles. The van der Waals surface area contributed by atoms with Gasteiger partial charge in [0, 0.05) is 19.0 Å². The average molecular weight is 333 g/mol. The Bertz CT molecular complexity index is 620. The molecule has 0 bridgehead atoms. The molecule has 1 saturated heterocycles. The summed E-state index contributed by atoms with van der Waals surface area (Å²) in [7, 11) is 0. The number of ether oxygens (including phenoxy) is 2. The zero-order valence-corrected chi connectivity index (χ0v) is 14.0. The fraction of sp³-hybridized carbons (Fsp3) is 0.529. The van der Waals surface area contributed by atoms with Crippen LogP contribution in [0, 0.1) is 0 Å². The number of likely N-dealkylation sites (tertiary alicyclic amines) is 1. The zero-order valence-electron chi connectivity index (χ0n) is 14.0. The number of hydrogen-bond acceptors (Lipinski definition) is 4. The minimum atomic E-state index is -0.291. The molecule has 2 unspecified atom stereocenters. The van der Waals surface area contributed by atoms with E-state index in [1.54, 1.807) is 4.90 Å². The number of carbonyl (C=O) groups is 2. The molecular weight excluding hydrogens is 310 g/mol. The zero-order chi connectivity index (χ0) is 17.1. The van der Waals surface area contributed by atoms with Gasteiger partial charge in [0.1, 0.15) is 6.61 Å². The van der Waals surface area contributed by atoms with Crippen molar-refractivity contribution in [1.82, 2.24) is 15.5 Å². The van der Waals surface area contributed by atoms with Gasteiger partial charge >= 0.3 is 6.03 Å². The third kappa shape index (κ3) is 3.72. The van der Waals surface area contributed by atoms with Gasteiger partial charge in [-0.25, -0.2) is 4.79 Å². The number of para-hydroxylation sites is 2. The van der Waals surface area contributed by atoms with Crippen molar-refractivity contribution in [2.45, 2.75) is 38.5 Å². The Balaban J connectivity index is 1.43. The number of hydrogen-bond donors (Lipinski definition) is 2. The maximum atomic E-state index is 12.0. The maximum absolute atomic E-state index is 12.0. The van der Waals surface area contributed by atoms with E-state index in [1.165, 1.54) is 0 Å². The third-order valence-corrected chi connectivity index (χ3v) is 4.17. The fourth-order valence-electron chi connectivity index (χ4n) is 2.93. The summed E-state index contributed by atoms with van der Waals surface area (Å²) < 4.78 is 11.4. The predicted molar refractivity (Wildman–Crippen MR) is 88.1 cm³/mol. The summed E-state index contributed by atoms with van der Waals surface area (Å²) in [5.74, 6) is 1.48. The van der Waals surface area contributed by atoms with Crippen LogP contribution in [0.4, 0.5) is 4.79 Å². The van der Waals surface area contributed by atoms with Crippen molar-refractivity contribution >= 4 is 11.9 Å². The van der Waals surface area contributed by atoms with E-state index in [0.717, 1.165) is 5.75 Å². The lowest BCUT2D eigenvalue weighted by molar-refractivity contribution is -0.129. The second-order valence-corrected chi connectivity index (χ2v) is 6.39. The Labute approximate surface area is 141 Å². The van der Waals surface area contributed by atoms with E-state index in [4.69, 9.17) is 9.47 Å². The van der Waals surface area contributed by atoms with Crippen molar-refractivity contribution in [3.05, 3.63) is 24.3 Å². The van der Waals surface area contributed by atoms with E-state index in [0.29, 0.717) is 31.9 Å². The quantitative estimate of drug-likeness (QED) is 0.866. The molecule has 2 aliphatic heterocycles. The largest absolute Gasteiger partial charge is 0.486 e. The molecule has 7 heteroatoms. The molecule has 0 aromatic heterocycles. The van der Waals surface area contributed by atoms with E-state index in [-0.39, 0.29) is 30.1 Å². The van der Waals surface area contributed by atoms with Crippen LogP contribution in [0.1, 0.15) is 20.3 Å². The molecule has 3 amide bonds. The average Bonchev–Trinajstić information content (AvgIpc) is 2.93. The van der Waals surface area contributed by atoms with Crippen molar-refractivity contribution in [1.29, 1.82) is 0 Å². The van der Waals surface area contributed by atoms with Crippen molar-refractivity contribution < 1.29 is 19.1 Å². The molecule has 0 aliphatic carbocycles. The first-order chi connectivity index (χ1) is 11.5. The van der Waals surface area contributed by atoms with Gasteiger partial charge in [0.15, 0.2) is 17.6 Å². The summed E-state index contributed by atoms with van der Waals surface area (Å²) >= 11 is 0. The normalized spacial score (nSPS) is 22.6. The second kappa shape index (κ2) is 6.98. The van der Waals surface area contributed by atoms with Gasteiger partial charge in [-0.05, 0) is 26.0 Å². The van der Waals surface area contributed by atoms with Crippen LogP contribution in [0.25, 0.3) is 0 Å². The van der Waals surface area contributed by atoms with Gasteiger partial charge in [-0.1, -0.05) is 12.1 Å². The van der Waals surface area contributed by atoms with Gasteiger partial charge in [-0.15, -0.1) is 0 Å². The van der Waals surface area contributed by atoms with Gasteiger partial charge < -0.3 is 25.0 Å². The molecule has 0 spiro atoms. The molecular formula is C17H23N3O4. The molecule has 2 aliphatic rings. The first-order valence-corrected chi connectivity index (χ1v) is 8.25. The standard InChI is InChI=1S/C17H23N3O4/c1-11(2)20-9-12(7-16(20)21)19-17(22)18-8-13-10-23-14-5-3-4-6-15(14)24-13/h3-6,11-13H,7-10H2,1-2H3,(H2,18,19,22). The van der Waals surface area contributed by atoms with Crippen LogP contribution >= 0.6 is 0 Å². The van der Waals surface area contributed by atoms with Crippen molar-refractivity contribution in [2.24, 2.45) is 0 Å². The minimum absolute atomic E-state index is 0.0796. The Hall–Kier alpha value is -2.44. The number of fused-ring (bicyclic) bond motifs is 1. The Morgan fingerprint density at radius 3 is 2.79 bits per heavy atom. The Kier molecular flexibility index (Phi) is 4.78. The number of carbonyl (C=O) groups excluding carboxylic acids is 2. The highest BCUT2D eigenvalue weighted by molar-refractivity contribution is 5.81. The number of nitrogens with one attached hydrogen (secondary N) is 2. The third-order valence-electron chi connectivity index (χ3n) is 4.17. The molecule has 2 atom stereocenters. The smallest absolute Gasteiger partial charge is 0.315 e. The first-order valence-electron chi connectivity index (χ1n) is 8.25. The molecule has 3 rings (SSSR count). The number of urea groups is 1. The Morgan fingerprint density at radius 1 is 1.33 bits per heavy atom. The number of amides is 3. The summed E-state index contributed by atoms with van der Waals surface area (Å²) in [6.07, 6.45) is 0.116. The summed E-state index contributed by atoms with van der Waals surface area (Å²) in [6, 6.07) is 7.17. The SMILES string of the molecule is CC(C)N1CC(NC(=O)NCC2COc3ccccc3O2)CC1=O. The van der Waals surface area contributed by atoms with E-state index in [9.17, 15) is 9.59 Å². The number of benzene rings is 1. The number of nitrogens with zero attached hydrogens (tertiary/aromatic N) is 1. The van der Waals surface area contributed by atoms with Crippen LogP contribution in [0.3, 0.4) is 0 Å². The molecule has 24 heavy (non-hydrogen) atoms. The molecule has 2 N–H and O–H groups in total. The molecule has 130 valence electrons. The second-order valence-electron chi connectivity index (χ2n) is 6.39. The molecule has 1 fully saturated rings. The molecule has 2 heterocycles. The van der Waals surface area contributed by atoms with E-state index < -0.39 is 0 Å². The summed E-state index contributed by atoms with van der Waals surface area (Å²) in [6.45, 7) is 5.23. The summed E-state index contributed by atoms with van der Waals surface area (Å²) in [5, 5.41) is 5.63. The van der Waals surface area contributed by atoms with Gasteiger partial charge in [0.05, 0.1) is 12.6 Å². The molecule has 0 radical (unpaired) electrons. The van der Waals surface area contributed by atoms with Crippen LogP contribution < -0.4 is 20.1 Å². The predicted octanol–water partition coefficient (Wildman–Crippen LogP) is 1.13. The van der Waals surface area contributed by atoms with Crippen LogP contribution in [-0.2, 0) is 4.79 Å². The minimum Gasteiger partial charge on any atom is -0.486 e. The van der Waals surface area contributed by atoms with Crippen molar-refractivity contribution in [2.75, 3.05) is 19.7 Å². The van der Waals surface area contributed by atoms with Gasteiger partial charge in [0.25, 0.3) is 0 Å². The number of rotatable bonds is 4. The van der Waals surface area contributed by atoms with Gasteiger partial charge in [0.2, 0.25) is 5.91 Å². The lowest BCUT2D eigenvalue weighted by Crippen LogP contribution is -2.48. The van der Waals surface area contributed by atoms with Gasteiger partial charge in [-0.3, -0.25) is 4.79 Å². The van der Waals surface area contributed by atoms with Crippen LogP contribution in [0.15, 0.2) is 24.3 Å². The highest BCUT2D eigenvalue weighted by Crippen LogP contribution is 2.30. The van der Waals surface area contributed by atoms with Crippen molar-refractivity contribution in [3.8, 4) is 11.5 Å². The maximum Gasteiger partial charge on any atom is 0.315 e. The Morgan fingerprint density at radius 2 is 2.08 bits per heavy atom. The highest BCUT2D eigenvalue weighted by Gasteiger charge is 2.32. The van der Waals surface area contributed by atoms with Crippen molar-refractivity contribution in [3.63, 3.8) is 0 Å². The molecule has 0 saturated carbocycles. The molecule has 7 nitrogen and oxygen atoms in total. The highest BCUT2D eigenvalue weighted by atomic mass is 16.6. The van der Waals surface area contributed by atoms with Crippen LogP contribution in [-0.4, -0.2) is 54.7 Å². The lowest BCUT2D eigenvalue weighted by atomic mass is 10.2.